The van der Waals surface area contributed by atoms with Crippen molar-refractivity contribution in [1.82, 2.24) is 0 Å². The molecule has 7 heteroatoms. The molecular weight excluding hydrogens is 432 g/mol. The Hall–Kier alpha value is -3.51. The summed E-state index contributed by atoms with van der Waals surface area (Å²) >= 11 is 5.70. The monoisotopic (exact) mass is 454 g/mol. The second-order valence-electron chi connectivity index (χ2n) is 6.90. The van der Waals surface area contributed by atoms with E-state index in [0.29, 0.717) is 23.7 Å². The van der Waals surface area contributed by atoms with E-state index in [1.165, 1.54) is 0 Å². The minimum Gasteiger partial charge on any atom is -0.497 e. The van der Waals surface area contributed by atoms with Gasteiger partial charge in [-0.2, -0.15) is 0 Å². The fourth-order valence-corrected chi connectivity index (χ4v) is 3.18. The Morgan fingerprint density at radius 1 is 0.719 bits per heavy atom. The molecule has 32 heavy (non-hydrogen) atoms. The molecule has 0 aromatic heterocycles. The van der Waals surface area contributed by atoms with Crippen molar-refractivity contribution < 1.29 is 28.5 Å². The lowest BCUT2D eigenvalue weighted by atomic mass is 10.0. The molecule has 0 aliphatic heterocycles. The summed E-state index contributed by atoms with van der Waals surface area (Å²) in [6, 6.07) is 21.2. The molecule has 0 saturated heterocycles. The van der Waals surface area contributed by atoms with Gasteiger partial charge in [0.2, 0.25) is 5.24 Å². The standard InChI is InChI=1S/C25H23ClO6/c1-29-20-9-3-17(4-10-20)15-31-22-13-7-19(8-14-22)23(24(26)27)25(28)32-16-18-5-11-21(30-2)12-6-18/h3-14,23H,15-16H2,1-2H3. The van der Waals surface area contributed by atoms with Crippen LogP contribution in [-0.2, 0) is 27.5 Å². The van der Waals surface area contributed by atoms with E-state index in [2.05, 4.69) is 0 Å². The molecule has 0 heterocycles. The molecule has 0 amide bonds. The number of rotatable bonds is 10. The number of carbonyl (C=O) groups is 2. The number of ether oxygens (including phenoxy) is 4. The van der Waals surface area contributed by atoms with Gasteiger partial charge < -0.3 is 18.9 Å². The van der Waals surface area contributed by atoms with Gasteiger partial charge in [-0.3, -0.25) is 9.59 Å². The van der Waals surface area contributed by atoms with Crippen molar-refractivity contribution >= 4 is 22.8 Å². The normalized spacial score (nSPS) is 11.3. The van der Waals surface area contributed by atoms with Gasteiger partial charge in [0.25, 0.3) is 0 Å². The number of benzene rings is 3. The van der Waals surface area contributed by atoms with Crippen molar-refractivity contribution in [3.8, 4) is 17.2 Å². The second kappa shape index (κ2) is 11.2. The number of esters is 1. The Balaban J connectivity index is 1.59. The predicted octanol–water partition coefficient (Wildman–Crippen LogP) is 4.88. The molecule has 0 spiro atoms. The van der Waals surface area contributed by atoms with Crippen LogP contribution in [0.2, 0.25) is 0 Å². The van der Waals surface area contributed by atoms with Crippen molar-refractivity contribution in [2.75, 3.05) is 14.2 Å². The topological polar surface area (TPSA) is 71.1 Å². The van der Waals surface area contributed by atoms with Crippen LogP contribution in [0.3, 0.4) is 0 Å². The van der Waals surface area contributed by atoms with Crippen LogP contribution < -0.4 is 14.2 Å². The molecule has 3 aromatic rings. The SMILES string of the molecule is COc1ccc(COC(=O)C(C(=O)Cl)c2ccc(OCc3ccc(OC)cc3)cc2)cc1. The van der Waals surface area contributed by atoms with E-state index in [9.17, 15) is 9.59 Å². The summed E-state index contributed by atoms with van der Waals surface area (Å²) < 4.78 is 21.3. The molecule has 6 nitrogen and oxygen atoms in total. The highest BCUT2D eigenvalue weighted by atomic mass is 35.5. The summed E-state index contributed by atoms with van der Waals surface area (Å²) in [7, 11) is 3.18. The predicted molar refractivity (Wildman–Crippen MR) is 120 cm³/mol. The highest BCUT2D eigenvalue weighted by Crippen LogP contribution is 2.25. The van der Waals surface area contributed by atoms with Crippen LogP contribution in [0.5, 0.6) is 17.2 Å². The van der Waals surface area contributed by atoms with Crippen LogP contribution in [0, 0.1) is 0 Å². The number of hydrogen-bond acceptors (Lipinski definition) is 6. The smallest absolute Gasteiger partial charge is 0.322 e. The first-order valence-electron chi connectivity index (χ1n) is 9.84. The van der Waals surface area contributed by atoms with E-state index in [-0.39, 0.29) is 6.61 Å². The molecule has 0 bridgehead atoms. The van der Waals surface area contributed by atoms with E-state index in [0.717, 1.165) is 16.9 Å². The highest BCUT2D eigenvalue weighted by molar-refractivity contribution is 6.66. The number of methoxy groups -OCH3 is 2. The summed E-state index contributed by atoms with van der Waals surface area (Å²) in [5.74, 6) is 0.132. The van der Waals surface area contributed by atoms with Gasteiger partial charge in [-0.15, -0.1) is 0 Å². The van der Waals surface area contributed by atoms with E-state index in [1.807, 2.05) is 24.3 Å². The fraction of sp³-hybridized carbons (Fsp3) is 0.200. The maximum Gasteiger partial charge on any atom is 0.322 e. The first-order valence-corrected chi connectivity index (χ1v) is 10.2. The molecule has 0 saturated carbocycles. The van der Waals surface area contributed by atoms with Gasteiger partial charge in [0, 0.05) is 0 Å². The molecule has 0 N–H and O–H groups in total. The second-order valence-corrected chi connectivity index (χ2v) is 7.27. The zero-order chi connectivity index (χ0) is 22.9. The third-order valence-corrected chi connectivity index (χ3v) is 5.00. The summed E-state index contributed by atoms with van der Waals surface area (Å²) in [4.78, 5) is 24.5. The highest BCUT2D eigenvalue weighted by Gasteiger charge is 2.29. The maximum atomic E-state index is 12.5. The van der Waals surface area contributed by atoms with E-state index >= 15 is 0 Å². The van der Waals surface area contributed by atoms with Crippen LogP contribution in [0.1, 0.15) is 22.6 Å². The van der Waals surface area contributed by atoms with E-state index in [1.54, 1.807) is 62.8 Å². The Morgan fingerprint density at radius 2 is 1.19 bits per heavy atom. The first kappa shape index (κ1) is 23.2. The minimum absolute atomic E-state index is 0.0204. The minimum atomic E-state index is -1.22. The first-order chi connectivity index (χ1) is 15.5. The molecule has 0 aliphatic carbocycles. The zero-order valence-corrected chi connectivity index (χ0v) is 18.5. The average molecular weight is 455 g/mol. The summed E-state index contributed by atoms with van der Waals surface area (Å²) in [6.07, 6.45) is 0. The quantitative estimate of drug-likeness (QED) is 0.247. The average Bonchev–Trinajstić information content (AvgIpc) is 2.82. The lowest BCUT2D eigenvalue weighted by Gasteiger charge is -2.14. The fourth-order valence-electron chi connectivity index (χ4n) is 2.96. The summed E-state index contributed by atoms with van der Waals surface area (Å²) in [6.45, 7) is 0.387. The molecule has 3 rings (SSSR count). The molecule has 3 aromatic carbocycles. The number of hydrogen-bond donors (Lipinski definition) is 0. The molecule has 1 unspecified atom stereocenters. The lowest BCUT2D eigenvalue weighted by Crippen LogP contribution is -2.21. The van der Waals surface area contributed by atoms with E-state index < -0.39 is 17.1 Å². The Kier molecular flexibility index (Phi) is 8.11. The van der Waals surface area contributed by atoms with Gasteiger partial charge in [-0.1, -0.05) is 36.4 Å². The van der Waals surface area contributed by atoms with Crippen LogP contribution in [-0.4, -0.2) is 25.4 Å². The summed E-state index contributed by atoms with van der Waals surface area (Å²) in [5.41, 5.74) is 2.18. The molecule has 0 radical (unpaired) electrons. The lowest BCUT2D eigenvalue weighted by molar-refractivity contribution is -0.148. The Morgan fingerprint density at radius 3 is 1.66 bits per heavy atom. The van der Waals surface area contributed by atoms with Crippen molar-refractivity contribution in [2.45, 2.75) is 19.1 Å². The number of carbonyl (C=O) groups excluding carboxylic acids is 2. The maximum absolute atomic E-state index is 12.5. The van der Waals surface area contributed by atoms with Crippen LogP contribution in [0.4, 0.5) is 0 Å². The zero-order valence-electron chi connectivity index (χ0n) is 17.7. The molecule has 0 aliphatic rings. The third-order valence-electron chi connectivity index (χ3n) is 4.78. The van der Waals surface area contributed by atoms with Crippen LogP contribution in [0.25, 0.3) is 0 Å². The Bertz CT molecular complexity index is 1030. The van der Waals surface area contributed by atoms with Crippen molar-refractivity contribution in [3.05, 3.63) is 89.5 Å². The van der Waals surface area contributed by atoms with Gasteiger partial charge in [-0.25, -0.2) is 0 Å². The molecular formula is C25H23ClO6. The molecule has 1 atom stereocenters. The largest absolute Gasteiger partial charge is 0.497 e. The van der Waals surface area contributed by atoms with Crippen LogP contribution >= 0.6 is 11.6 Å². The van der Waals surface area contributed by atoms with E-state index in [4.69, 9.17) is 30.5 Å². The summed E-state index contributed by atoms with van der Waals surface area (Å²) in [5, 5.41) is -0.809. The molecule has 166 valence electrons. The van der Waals surface area contributed by atoms with Crippen molar-refractivity contribution in [2.24, 2.45) is 0 Å². The van der Waals surface area contributed by atoms with Gasteiger partial charge >= 0.3 is 5.97 Å². The third kappa shape index (κ3) is 6.25. The number of halogens is 1. The van der Waals surface area contributed by atoms with Crippen molar-refractivity contribution in [3.63, 3.8) is 0 Å². The van der Waals surface area contributed by atoms with Crippen molar-refractivity contribution in [1.29, 1.82) is 0 Å². The van der Waals surface area contributed by atoms with Gasteiger partial charge in [0.05, 0.1) is 14.2 Å². The van der Waals surface area contributed by atoms with Gasteiger partial charge in [0.1, 0.15) is 30.5 Å². The van der Waals surface area contributed by atoms with Crippen LogP contribution in [0.15, 0.2) is 72.8 Å². The van der Waals surface area contributed by atoms with Gasteiger partial charge in [0.15, 0.2) is 5.92 Å². The Labute approximate surface area is 191 Å². The molecule has 0 fully saturated rings. The van der Waals surface area contributed by atoms with Gasteiger partial charge in [-0.05, 0) is 64.7 Å².